The molecule has 7 aromatic carbocycles. The van der Waals surface area contributed by atoms with E-state index in [1.165, 1.54) is 66.3 Å². The lowest BCUT2D eigenvalue weighted by Crippen LogP contribution is -2.03. The van der Waals surface area contributed by atoms with Gasteiger partial charge in [0.05, 0.1) is 22.4 Å². The number of benzene rings is 7. The predicted octanol–water partition coefficient (Wildman–Crippen LogP) is 12.6. The molecule has 0 amide bonds. The number of para-hydroxylation sites is 2. The van der Waals surface area contributed by atoms with Crippen LogP contribution in [0.1, 0.15) is 16.7 Å². The van der Waals surface area contributed by atoms with E-state index in [1.54, 1.807) is 0 Å². The molecular formula is C48H37N3. The Morgan fingerprint density at radius 1 is 0.471 bits per heavy atom. The summed E-state index contributed by atoms with van der Waals surface area (Å²) >= 11 is 0. The maximum absolute atomic E-state index is 5.55. The number of nitrogens with zero attached hydrogens (tertiary/aromatic N) is 3. The SMILES string of the molecule is Cc1cc(-c2ccccc2)c(-n2cc(-c3c(C)cccc3C)nc2-c2ccc3c(c2)c2ccccc2n3-c2ccccc2)c(-c2ccccc2)c1. The van der Waals surface area contributed by atoms with E-state index >= 15 is 0 Å². The van der Waals surface area contributed by atoms with Gasteiger partial charge in [0.2, 0.25) is 0 Å². The molecule has 9 aromatic rings. The minimum Gasteiger partial charge on any atom is -0.309 e. The summed E-state index contributed by atoms with van der Waals surface area (Å²) in [6.07, 6.45) is 2.26. The van der Waals surface area contributed by atoms with E-state index in [0.717, 1.165) is 28.5 Å². The van der Waals surface area contributed by atoms with Crippen LogP contribution in [0.25, 0.3) is 78.1 Å². The van der Waals surface area contributed by atoms with Crippen molar-refractivity contribution < 1.29 is 0 Å². The molecule has 9 rings (SSSR count). The van der Waals surface area contributed by atoms with Gasteiger partial charge >= 0.3 is 0 Å². The summed E-state index contributed by atoms with van der Waals surface area (Å²) in [7, 11) is 0. The van der Waals surface area contributed by atoms with Gasteiger partial charge in [-0.05, 0) is 97.1 Å². The highest BCUT2D eigenvalue weighted by Gasteiger charge is 2.23. The molecule has 0 bridgehead atoms. The molecule has 0 fully saturated rings. The van der Waals surface area contributed by atoms with E-state index in [-0.39, 0.29) is 0 Å². The predicted molar refractivity (Wildman–Crippen MR) is 214 cm³/mol. The first-order valence-electron chi connectivity index (χ1n) is 17.6. The zero-order valence-corrected chi connectivity index (χ0v) is 29.0. The van der Waals surface area contributed by atoms with Crippen LogP contribution in [0.2, 0.25) is 0 Å². The van der Waals surface area contributed by atoms with Gasteiger partial charge in [0.25, 0.3) is 0 Å². The Bertz CT molecular complexity index is 2620. The molecule has 3 heteroatoms. The smallest absolute Gasteiger partial charge is 0.145 e. The second-order valence-electron chi connectivity index (χ2n) is 13.4. The van der Waals surface area contributed by atoms with Crippen LogP contribution in [0.15, 0.2) is 170 Å². The molecule has 0 saturated heterocycles. The number of rotatable bonds is 6. The van der Waals surface area contributed by atoms with Gasteiger partial charge < -0.3 is 4.57 Å². The molecule has 0 saturated carbocycles. The van der Waals surface area contributed by atoms with Crippen molar-refractivity contribution in [2.45, 2.75) is 20.8 Å². The number of hydrogen-bond acceptors (Lipinski definition) is 1. The Balaban J connectivity index is 1.38. The molecule has 0 N–H and O–H groups in total. The molecule has 244 valence electrons. The standard InChI is InChI=1S/C48H37N3/c1-32-28-40(35-18-7-4-8-19-35)47(41(29-32)36-20-9-5-10-21-36)50-31-43(46-33(2)16-15-17-34(46)3)49-48(50)37-26-27-45-42(30-37)39-24-13-14-25-44(39)51(45)38-22-11-6-12-23-38/h4-31H,1-3H3. The largest absolute Gasteiger partial charge is 0.309 e. The summed E-state index contributed by atoms with van der Waals surface area (Å²) in [5.74, 6) is 0.907. The molecule has 3 nitrogen and oxygen atoms in total. The maximum Gasteiger partial charge on any atom is 0.145 e. The Kier molecular flexibility index (Phi) is 7.48. The summed E-state index contributed by atoms with van der Waals surface area (Å²) in [5, 5.41) is 2.42. The molecular weight excluding hydrogens is 619 g/mol. The third-order valence-electron chi connectivity index (χ3n) is 10.1. The molecule has 0 radical (unpaired) electrons. The Hall–Kier alpha value is -6.45. The third kappa shape index (κ3) is 5.26. The van der Waals surface area contributed by atoms with E-state index in [1.807, 2.05) is 0 Å². The monoisotopic (exact) mass is 655 g/mol. The maximum atomic E-state index is 5.55. The minimum absolute atomic E-state index is 0.907. The molecule has 0 aliphatic rings. The number of fused-ring (bicyclic) bond motifs is 3. The Morgan fingerprint density at radius 2 is 1.04 bits per heavy atom. The second-order valence-corrected chi connectivity index (χ2v) is 13.4. The fraction of sp³-hybridized carbons (Fsp3) is 0.0625. The quantitative estimate of drug-likeness (QED) is 0.175. The van der Waals surface area contributed by atoms with Gasteiger partial charge in [-0.2, -0.15) is 0 Å². The minimum atomic E-state index is 0.907. The van der Waals surface area contributed by atoms with E-state index in [9.17, 15) is 0 Å². The van der Waals surface area contributed by atoms with Crippen LogP contribution < -0.4 is 0 Å². The molecule has 0 unspecified atom stereocenters. The molecule has 2 heterocycles. The zero-order valence-electron chi connectivity index (χ0n) is 29.0. The number of imidazole rings is 1. The lowest BCUT2D eigenvalue weighted by Gasteiger charge is -2.20. The number of aromatic nitrogens is 3. The van der Waals surface area contributed by atoms with Crippen LogP contribution in [0, 0.1) is 20.8 Å². The summed E-state index contributed by atoms with van der Waals surface area (Å²) in [5.41, 5.74) is 16.1. The molecule has 51 heavy (non-hydrogen) atoms. The first-order chi connectivity index (χ1) is 25.0. The zero-order chi connectivity index (χ0) is 34.5. The molecule has 2 aromatic heterocycles. The lowest BCUT2D eigenvalue weighted by molar-refractivity contribution is 1.07. The van der Waals surface area contributed by atoms with Gasteiger partial charge in [0, 0.05) is 44.9 Å². The first-order valence-corrected chi connectivity index (χ1v) is 17.6. The van der Waals surface area contributed by atoms with Crippen molar-refractivity contribution in [1.82, 2.24) is 14.1 Å². The van der Waals surface area contributed by atoms with Crippen LogP contribution >= 0.6 is 0 Å². The van der Waals surface area contributed by atoms with Gasteiger partial charge in [0.15, 0.2) is 0 Å². The first kappa shape index (κ1) is 30.6. The van der Waals surface area contributed by atoms with Crippen LogP contribution in [0.3, 0.4) is 0 Å². The van der Waals surface area contributed by atoms with Crippen LogP contribution in [-0.4, -0.2) is 14.1 Å². The molecule has 0 atom stereocenters. The van der Waals surface area contributed by atoms with Gasteiger partial charge in [-0.25, -0.2) is 4.98 Å². The topological polar surface area (TPSA) is 22.8 Å². The average Bonchev–Trinajstić information content (AvgIpc) is 3.75. The van der Waals surface area contributed by atoms with E-state index < -0.39 is 0 Å². The van der Waals surface area contributed by atoms with Crippen molar-refractivity contribution >= 4 is 21.8 Å². The molecule has 0 spiro atoms. The highest BCUT2D eigenvalue weighted by molar-refractivity contribution is 6.10. The Labute approximate surface area is 298 Å². The van der Waals surface area contributed by atoms with Gasteiger partial charge in [-0.1, -0.05) is 115 Å². The van der Waals surface area contributed by atoms with Crippen molar-refractivity contribution in [2.24, 2.45) is 0 Å². The van der Waals surface area contributed by atoms with Crippen molar-refractivity contribution in [3.05, 3.63) is 187 Å². The fourth-order valence-electron chi connectivity index (χ4n) is 7.77. The van der Waals surface area contributed by atoms with Crippen molar-refractivity contribution in [1.29, 1.82) is 0 Å². The lowest BCUT2D eigenvalue weighted by atomic mass is 9.93. The number of aryl methyl sites for hydroxylation is 3. The highest BCUT2D eigenvalue weighted by atomic mass is 15.1. The fourth-order valence-corrected chi connectivity index (χ4v) is 7.77. The molecule has 0 aliphatic heterocycles. The second kappa shape index (κ2) is 12.5. The van der Waals surface area contributed by atoms with Crippen molar-refractivity contribution in [2.75, 3.05) is 0 Å². The van der Waals surface area contributed by atoms with E-state index in [4.69, 9.17) is 4.98 Å². The summed E-state index contributed by atoms with van der Waals surface area (Å²) < 4.78 is 4.72. The van der Waals surface area contributed by atoms with Gasteiger partial charge in [0.1, 0.15) is 5.82 Å². The van der Waals surface area contributed by atoms with Gasteiger partial charge in [-0.15, -0.1) is 0 Å². The summed E-state index contributed by atoms with van der Waals surface area (Å²) in [4.78, 5) is 5.55. The van der Waals surface area contributed by atoms with Crippen LogP contribution in [-0.2, 0) is 0 Å². The van der Waals surface area contributed by atoms with Gasteiger partial charge in [-0.3, -0.25) is 4.57 Å². The normalized spacial score (nSPS) is 11.4. The van der Waals surface area contributed by atoms with Crippen LogP contribution in [0.4, 0.5) is 0 Å². The number of hydrogen-bond donors (Lipinski definition) is 0. The van der Waals surface area contributed by atoms with Crippen molar-refractivity contribution in [3.8, 4) is 56.3 Å². The Morgan fingerprint density at radius 3 is 1.69 bits per heavy atom. The van der Waals surface area contributed by atoms with E-state index in [0.29, 0.717) is 0 Å². The highest BCUT2D eigenvalue weighted by Crippen LogP contribution is 2.42. The van der Waals surface area contributed by atoms with E-state index in [2.05, 4.69) is 200 Å². The summed E-state index contributed by atoms with van der Waals surface area (Å²) in [6, 6.07) is 58.8. The van der Waals surface area contributed by atoms with Crippen LogP contribution in [0.5, 0.6) is 0 Å². The summed E-state index contributed by atoms with van der Waals surface area (Å²) in [6.45, 7) is 6.56. The average molecular weight is 656 g/mol. The third-order valence-corrected chi connectivity index (χ3v) is 10.1. The van der Waals surface area contributed by atoms with Crippen molar-refractivity contribution in [3.63, 3.8) is 0 Å². The molecule has 0 aliphatic carbocycles.